The molecule has 3 heterocycles. The van der Waals surface area contributed by atoms with E-state index < -0.39 is 81.0 Å². The van der Waals surface area contributed by atoms with Crippen LogP contribution in [-0.2, 0) is 33.9 Å². The number of benzene rings is 2. The number of carbonyl (C=O) groups is 5. The number of rotatable bonds is 23. The minimum Gasteiger partial charge on any atom is -0.497 e. The molecule has 3 aliphatic rings. The summed E-state index contributed by atoms with van der Waals surface area (Å²) >= 11 is 1.43. The Hall–Kier alpha value is -6.74. The second kappa shape index (κ2) is 24.3. The van der Waals surface area contributed by atoms with Crippen molar-refractivity contribution in [3.63, 3.8) is 0 Å². The summed E-state index contributed by atoms with van der Waals surface area (Å²) < 4.78 is 54.1. The van der Waals surface area contributed by atoms with Crippen LogP contribution in [0.4, 0.5) is 20.4 Å². The Morgan fingerprint density at radius 1 is 0.974 bits per heavy atom. The monoisotopic (exact) mass is 1100 g/mol. The largest absolute Gasteiger partial charge is 0.497 e. The number of carbonyl (C=O) groups excluding carboxylic acids is 4. The lowest BCUT2D eigenvalue weighted by molar-refractivity contribution is -0.139. The number of anilines is 2. The Labute approximate surface area is 453 Å². The summed E-state index contributed by atoms with van der Waals surface area (Å²) in [6, 6.07) is 10.5. The predicted molar refractivity (Wildman–Crippen MR) is 289 cm³/mol. The van der Waals surface area contributed by atoms with Crippen LogP contribution in [0.1, 0.15) is 119 Å². The maximum atomic E-state index is 14.7. The van der Waals surface area contributed by atoms with Gasteiger partial charge in [-0.1, -0.05) is 31.4 Å². The van der Waals surface area contributed by atoms with E-state index in [0.717, 1.165) is 25.7 Å². The predicted octanol–water partition coefficient (Wildman–Crippen LogP) is 7.54. The molecule has 7 rings (SSSR count). The molecule has 77 heavy (non-hydrogen) atoms. The van der Waals surface area contributed by atoms with Gasteiger partial charge in [0, 0.05) is 47.7 Å². The van der Waals surface area contributed by atoms with Crippen LogP contribution in [-0.4, -0.2) is 124 Å². The molecule has 7 N–H and O–H groups in total. The van der Waals surface area contributed by atoms with Crippen LogP contribution in [0.2, 0.25) is 0 Å². The number of carboxylic acids is 1. The summed E-state index contributed by atoms with van der Waals surface area (Å²) in [4.78, 5) is 76.3. The normalized spacial score (nSPS) is 20.6. The van der Waals surface area contributed by atoms with E-state index in [0.29, 0.717) is 64.6 Å². The first-order chi connectivity index (χ1) is 36.4. The molecule has 3 fully saturated rings. The van der Waals surface area contributed by atoms with Crippen molar-refractivity contribution in [3.8, 4) is 35.2 Å². The number of thiazole rings is 1. The Kier molecular flexibility index (Phi) is 18.3. The van der Waals surface area contributed by atoms with Gasteiger partial charge in [0.2, 0.25) is 21.8 Å². The van der Waals surface area contributed by atoms with Crippen LogP contribution in [0.3, 0.4) is 0 Å². The molecular formula is C54H70N8O13S2. The summed E-state index contributed by atoms with van der Waals surface area (Å²) in [7, 11) is -3.12. The number of unbranched alkanes of at least 4 members (excludes halogenated alkanes) is 3. The molecule has 2 saturated carbocycles. The topological polar surface area (TPSA) is 286 Å². The van der Waals surface area contributed by atoms with Crippen molar-refractivity contribution in [2.24, 2.45) is 5.92 Å². The van der Waals surface area contributed by atoms with Crippen molar-refractivity contribution in [2.45, 2.75) is 171 Å². The van der Waals surface area contributed by atoms with Gasteiger partial charge >= 0.3 is 18.2 Å². The second-order valence-corrected chi connectivity index (χ2v) is 23.8. The molecule has 21 nitrogen and oxygen atoms in total. The number of nitrogens with zero attached hydrogens (tertiary/aromatic N) is 3. The van der Waals surface area contributed by atoms with Crippen molar-refractivity contribution in [1.29, 1.82) is 0 Å². The zero-order chi connectivity index (χ0) is 55.9. The molecular weight excluding hydrogens is 1030 g/mol. The molecule has 1 aliphatic heterocycles. The number of hydrogen-bond acceptors (Lipinski definition) is 16. The van der Waals surface area contributed by atoms with Crippen molar-refractivity contribution in [3.05, 3.63) is 53.9 Å². The number of aromatic nitrogens is 2. The van der Waals surface area contributed by atoms with E-state index >= 15 is 0 Å². The summed E-state index contributed by atoms with van der Waals surface area (Å²) in [6.07, 6.45) is 8.90. The van der Waals surface area contributed by atoms with Crippen LogP contribution in [0.25, 0.3) is 22.3 Å². The second-order valence-electron chi connectivity index (χ2n) is 21.3. The number of amides is 4. The smallest absolute Gasteiger partial charge is 0.411 e. The van der Waals surface area contributed by atoms with E-state index in [2.05, 4.69) is 31.9 Å². The highest BCUT2D eigenvalue weighted by Gasteiger charge is 2.67. The third-order valence-electron chi connectivity index (χ3n) is 13.6. The Morgan fingerprint density at radius 3 is 2.38 bits per heavy atom. The van der Waals surface area contributed by atoms with Crippen LogP contribution in [0.5, 0.6) is 11.5 Å². The molecule has 4 amide bonds. The van der Waals surface area contributed by atoms with Crippen LogP contribution >= 0.6 is 11.3 Å². The summed E-state index contributed by atoms with van der Waals surface area (Å²) in [5, 5.41) is 36.3. The summed E-state index contributed by atoms with van der Waals surface area (Å²) in [5.41, 5.74) is -3.55. The molecule has 0 radical (unpaired) electrons. The molecule has 6 atom stereocenters. The summed E-state index contributed by atoms with van der Waals surface area (Å²) in [6.45, 7) is 10.2. The number of carboxylic acid groups (broad SMARTS) is 1. The van der Waals surface area contributed by atoms with Crippen molar-refractivity contribution >= 4 is 73.1 Å². The van der Waals surface area contributed by atoms with Gasteiger partial charge in [-0.3, -0.25) is 14.5 Å². The van der Waals surface area contributed by atoms with E-state index in [4.69, 9.17) is 35.3 Å². The first kappa shape index (κ1) is 58.0. The number of fused-ring (bicyclic) bond motifs is 1. The van der Waals surface area contributed by atoms with Gasteiger partial charge in [0.25, 0.3) is 0 Å². The average Bonchev–Trinajstić information content (AvgIpc) is 3.76. The molecule has 0 unspecified atom stereocenters. The number of para-hydroxylation sites is 1. The number of terminal acetylenes is 1. The number of aliphatic hydroxyl groups is 1. The van der Waals surface area contributed by atoms with Crippen LogP contribution in [0.15, 0.2) is 58.8 Å². The highest BCUT2D eigenvalue weighted by Crippen LogP contribution is 2.50. The maximum absolute atomic E-state index is 14.7. The fraction of sp³-hybridized carbons (Fsp3) is 0.537. The van der Waals surface area contributed by atoms with Gasteiger partial charge in [-0.25, -0.2) is 32.8 Å². The van der Waals surface area contributed by atoms with E-state index in [1.54, 1.807) is 52.1 Å². The zero-order valence-corrected chi connectivity index (χ0v) is 46.1. The van der Waals surface area contributed by atoms with Crippen molar-refractivity contribution in [1.82, 2.24) is 30.2 Å². The van der Waals surface area contributed by atoms with Gasteiger partial charge in [-0.2, -0.15) is 4.72 Å². The molecule has 416 valence electrons. The number of alkyl carbamates (subject to hydrolysis) is 1. The molecule has 1 saturated heterocycles. The van der Waals surface area contributed by atoms with Gasteiger partial charge < -0.3 is 50.4 Å². The van der Waals surface area contributed by atoms with Crippen molar-refractivity contribution in [2.75, 3.05) is 24.3 Å². The number of sulfonamides is 1. The number of aliphatic carboxylic acids is 1. The lowest BCUT2D eigenvalue weighted by atomic mass is 10.0. The van der Waals surface area contributed by atoms with Crippen molar-refractivity contribution < 1.29 is 61.6 Å². The highest BCUT2D eigenvalue weighted by atomic mass is 32.2. The maximum Gasteiger partial charge on any atom is 0.411 e. The van der Waals surface area contributed by atoms with E-state index in [9.17, 15) is 42.6 Å². The number of nitrogens with one attached hydrogen (secondary N) is 5. The van der Waals surface area contributed by atoms with Gasteiger partial charge in [-0.15, -0.1) is 23.7 Å². The molecule has 2 aromatic carbocycles. The standard InChI is InChI=1S/C54H70N8O13S2/c1-9-33-29-54(33,53(7,69)61-77(70,71)45-22-17-16-20-38(45)57-46(63)23-13-11-10-12-21-39(48(65)66)59-50(67)74-34-18-14-15-19-34)60-47(64)43-27-36(30-62(43)51(68)75-52(4,5)6)73-44-28-41(42-31-76-49(58-42)55-32(2)3)56-40-26-35(72-8)24-25-37(40)44/h1,16-17,20,22,24-26,28,31-34,36,39,43,61,69H,10-15,18-19,21,23,27,29-30H2,2-8H3,(H,55,58)(H,57,63)(H,59,67)(H,60,64)(H,65,66)/t33-,36-,39+,43+,53+,54-/m1/s1. The molecule has 23 heteroatoms. The number of ether oxygens (including phenoxy) is 4. The summed E-state index contributed by atoms with van der Waals surface area (Å²) in [5.74, 6) is 0.255. The number of likely N-dealkylation sites (tertiary alicyclic amines) is 1. The van der Waals surface area contributed by atoms with E-state index in [1.807, 2.05) is 19.2 Å². The molecule has 0 spiro atoms. The minimum absolute atomic E-state index is 0.0134. The number of pyridine rings is 1. The quantitative estimate of drug-likeness (QED) is 0.0214. The molecule has 0 bridgehead atoms. The zero-order valence-electron chi connectivity index (χ0n) is 44.5. The average molecular weight is 1100 g/mol. The molecule has 2 aliphatic carbocycles. The Morgan fingerprint density at radius 2 is 1.70 bits per heavy atom. The number of methoxy groups -OCH3 is 1. The lowest BCUT2D eigenvalue weighted by Gasteiger charge is -2.36. The lowest BCUT2D eigenvalue weighted by Crippen LogP contribution is -2.65. The third kappa shape index (κ3) is 14.6. The van der Waals surface area contributed by atoms with Crippen LogP contribution < -0.4 is 35.5 Å². The third-order valence-corrected chi connectivity index (χ3v) is 16.0. The molecule has 4 aromatic rings. The first-order valence-electron chi connectivity index (χ1n) is 25.9. The Balaban J connectivity index is 1.02. The van der Waals surface area contributed by atoms with Gasteiger partial charge in [0.1, 0.15) is 52.0 Å². The van der Waals surface area contributed by atoms with Gasteiger partial charge in [-0.05, 0) is 111 Å². The highest BCUT2D eigenvalue weighted by molar-refractivity contribution is 7.89. The van der Waals surface area contributed by atoms with E-state index in [1.165, 1.54) is 47.4 Å². The fourth-order valence-corrected chi connectivity index (χ4v) is 12.0. The molecule has 2 aromatic heterocycles. The van der Waals surface area contributed by atoms with E-state index in [-0.39, 0.29) is 55.0 Å². The minimum atomic E-state index is -4.67. The van der Waals surface area contributed by atoms with Crippen LogP contribution in [0, 0.1) is 18.3 Å². The SMILES string of the molecule is C#C[C@@H]1C[C@]1(NC(=O)[C@@H]1C[C@@H](Oc2cc(-c3csc(NC(C)C)n3)nc3cc(OC)ccc23)CN1C(=O)OC(C)(C)C)[C@](C)(O)NS(=O)(=O)c1ccccc1NC(=O)CCCCCC[C@H](NC(=O)OC1CCCC1)C(=O)O. The number of hydrogen-bond donors (Lipinski definition) is 7. The van der Waals surface area contributed by atoms with Gasteiger partial charge in [0.15, 0.2) is 10.9 Å². The first-order valence-corrected chi connectivity index (χ1v) is 28.3. The van der Waals surface area contributed by atoms with Gasteiger partial charge in [0.05, 0.1) is 36.1 Å². The Bertz CT molecular complexity index is 2970. The fourth-order valence-electron chi connectivity index (χ4n) is 9.64.